The third kappa shape index (κ3) is 4.02. The fourth-order valence-corrected chi connectivity index (χ4v) is 3.09. The van der Waals surface area contributed by atoms with Gasteiger partial charge < -0.3 is 11.1 Å². The SMILES string of the molecule is NC(=O)C1CC(C(=O)NCc2ccc(-n3cncn3)cc2)=NN1c1ccc(F)cc1. The molecular weight excluding hydrogens is 389 g/mol. The first-order chi connectivity index (χ1) is 14.5. The second-order valence-corrected chi connectivity index (χ2v) is 6.68. The van der Waals surface area contributed by atoms with Crippen LogP contribution < -0.4 is 16.1 Å². The average molecular weight is 407 g/mol. The number of hydrogen-bond acceptors (Lipinski definition) is 6. The van der Waals surface area contributed by atoms with Crippen LogP contribution in [0.2, 0.25) is 0 Å². The molecule has 3 aromatic rings. The summed E-state index contributed by atoms with van der Waals surface area (Å²) in [5.74, 6) is -1.42. The molecule has 0 radical (unpaired) electrons. The van der Waals surface area contributed by atoms with E-state index < -0.39 is 23.7 Å². The third-order valence-corrected chi connectivity index (χ3v) is 4.66. The minimum absolute atomic E-state index is 0.0732. The van der Waals surface area contributed by atoms with Crippen molar-refractivity contribution in [2.45, 2.75) is 19.0 Å². The van der Waals surface area contributed by atoms with Crippen molar-refractivity contribution >= 4 is 23.2 Å². The molecule has 0 fully saturated rings. The molecular formula is C20H18FN7O2. The number of aromatic nitrogens is 3. The van der Waals surface area contributed by atoms with Crippen LogP contribution >= 0.6 is 0 Å². The second-order valence-electron chi connectivity index (χ2n) is 6.68. The van der Waals surface area contributed by atoms with E-state index in [1.54, 1.807) is 11.0 Å². The topological polar surface area (TPSA) is 118 Å². The number of amides is 2. The van der Waals surface area contributed by atoms with Crippen molar-refractivity contribution in [1.29, 1.82) is 0 Å². The first-order valence-electron chi connectivity index (χ1n) is 9.15. The number of primary amides is 1. The molecule has 10 heteroatoms. The molecule has 1 aromatic heterocycles. The van der Waals surface area contributed by atoms with Crippen molar-refractivity contribution in [2.24, 2.45) is 10.8 Å². The first-order valence-corrected chi connectivity index (χ1v) is 9.15. The van der Waals surface area contributed by atoms with Crippen LogP contribution in [0.4, 0.5) is 10.1 Å². The summed E-state index contributed by atoms with van der Waals surface area (Å²) in [6.45, 7) is 0.285. The van der Waals surface area contributed by atoms with Gasteiger partial charge in [0.15, 0.2) is 0 Å². The van der Waals surface area contributed by atoms with Crippen LogP contribution in [0.5, 0.6) is 0 Å². The molecule has 1 aliphatic heterocycles. The van der Waals surface area contributed by atoms with Crippen molar-refractivity contribution in [2.75, 3.05) is 5.01 Å². The zero-order chi connectivity index (χ0) is 21.1. The third-order valence-electron chi connectivity index (χ3n) is 4.66. The summed E-state index contributed by atoms with van der Waals surface area (Å²) in [6.07, 6.45) is 3.12. The Morgan fingerprint density at radius 2 is 1.80 bits per heavy atom. The molecule has 0 spiro atoms. The van der Waals surface area contributed by atoms with Crippen molar-refractivity contribution in [3.63, 3.8) is 0 Å². The molecule has 0 aliphatic carbocycles. The van der Waals surface area contributed by atoms with E-state index >= 15 is 0 Å². The Kier molecular flexibility index (Phi) is 5.21. The van der Waals surface area contributed by atoms with E-state index in [1.807, 2.05) is 24.3 Å². The highest BCUT2D eigenvalue weighted by molar-refractivity contribution is 6.40. The molecule has 1 aliphatic rings. The monoisotopic (exact) mass is 407 g/mol. The molecule has 0 bridgehead atoms. The van der Waals surface area contributed by atoms with E-state index in [-0.39, 0.29) is 18.7 Å². The summed E-state index contributed by atoms with van der Waals surface area (Å²) in [5.41, 5.74) is 7.86. The summed E-state index contributed by atoms with van der Waals surface area (Å²) in [4.78, 5) is 28.3. The highest BCUT2D eigenvalue weighted by Crippen LogP contribution is 2.25. The van der Waals surface area contributed by atoms with Gasteiger partial charge in [-0.25, -0.2) is 14.1 Å². The van der Waals surface area contributed by atoms with Crippen molar-refractivity contribution < 1.29 is 14.0 Å². The van der Waals surface area contributed by atoms with Crippen molar-refractivity contribution in [3.05, 3.63) is 72.6 Å². The number of nitrogens with zero attached hydrogens (tertiary/aromatic N) is 5. The summed E-state index contributed by atoms with van der Waals surface area (Å²) < 4.78 is 14.8. The summed E-state index contributed by atoms with van der Waals surface area (Å²) >= 11 is 0. The van der Waals surface area contributed by atoms with Crippen LogP contribution in [0.3, 0.4) is 0 Å². The lowest BCUT2D eigenvalue weighted by Crippen LogP contribution is -2.39. The molecule has 0 saturated carbocycles. The summed E-state index contributed by atoms with van der Waals surface area (Å²) in [5, 5.41) is 12.4. The molecule has 2 heterocycles. The number of halogens is 1. The van der Waals surface area contributed by atoms with E-state index in [1.165, 1.54) is 35.6 Å². The number of nitrogens with two attached hydrogens (primary N) is 1. The van der Waals surface area contributed by atoms with Crippen molar-refractivity contribution in [1.82, 2.24) is 20.1 Å². The molecule has 30 heavy (non-hydrogen) atoms. The number of hydrazone groups is 1. The van der Waals surface area contributed by atoms with Gasteiger partial charge in [-0.1, -0.05) is 12.1 Å². The van der Waals surface area contributed by atoms with E-state index in [0.29, 0.717) is 5.69 Å². The molecule has 3 N–H and O–H groups in total. The van der Waals surface area contributed by atoms with E-state index in [9.17, 15) is 14.0 Å². The van der Waals surface area contributed by atoms with Crippen LogP contribution in [0, 0.1) is 5.82 Å². The summed E-state index contributed by atoms with van der Waals surface area (Å²) in [7, 11) is 0. The largest absolute Gasteiger partial charge is 0.368 e. The second kappa shape index (κ2) is 8.11. The van der Waals surface area contributed by atoms with Crippen LogP contribution in [0.15, 0.2) is 66.3 Å². The molecule has 1 unspecified atom stereocenters. The maximum Gasteiger partial charge on any atom is 0.267 e. The minimum Gasteiger partial charge on any atom is -0.368 e. The minimum atomic E-state index is -0.807. The van der Waals surface area contributed by atoms with Gasteiger partial charge in [-0.05, 0) is 42.0 Å². The number of carbonyl (C=O) groups is 2. The zero-order valence-electron chi connectivity index (χ0n) is 15.8. The van der Waals surface area contributed by atoms with Gasteiger partial charge in [0.05, 0.1) is 11.4 Å². The van der Waals surface area contributed by atoms with Gasteiger partial charge in [0.25, 0.3) is 5.91 Å². The molecule has 152 valence electrons. The van der Waals surface area contributed by atoms with Gasteiger partial charge in [0.1, 0.15) is 30.2 Å². The number of anilines is 1. The highest BCUT2D eigenvalue weighted by atomic mass is 19.1. The fraction of sp³-hybridized carbons (Fsp3) is 0.150. The number of carbonyl (C=O) groups excluding carboxylic acids is 2. The fourth-order valence-electron chi connectivity index (χ4n) is 3.09. The lowest BCUT2D eigenvalue weighted by molar-refractivity contribution is -0.119. The molecule has 9 nitrogen and oxygen atoms in total. The lowest BCUT2D eigenvalue weighted by atomic mass is 10.1. The summed E-state index contributed by atoms with van der Waals surface area (Å²) in [6, 6.07) is 12.1. The zero-order valence-corrected chi connectivity index (χ0v) is 15.8. The van der Waals surface area contributed by atoms with Gasteiger partial charge >= 0.3 is 0 Å². The van der Waals surface area contributed by atoms with Crippen LogP contribution in [0.25, 0.3) is 5.69 Å². The molecule has 4 rings (SSSR count). The normalized spacial score (nSPS) is 15.7. The predicted molar refractivity (Wildman–Crippen MR) is 107 cm³/mol. The Hall–Kier alpha value is -4.08. The Morgan fingerprint density at radius 3 is 2.43 bits per heavy atom. The molecule has 0 saturated heterocycles. The molecule has 2 aromatic carbocycles. The average Bonchev–Trinajstić information content (AvgIpc) is 3.43. The standard InChI is InChI=1S/C20H18FN7O2/c21-14-3-7-16(8-4-14)28-18(19(22)29)9-17(26-28)20(30)24-10-13-1-5-15(6-2-13)27-12-23-11-25-27/h1-8,11-12,18H,9-10H2,(H2,22,29)(H,24,30). The van der Waals surface area contributed by atoms with Crippen molar-refractivity contribution in [3.8, 4) is 5.69 Å². The van der Waals surface area contributed by atoms with Gasteiger partial charge in [-0.2, -0.15) is 10.2 Å². The maximum absolute atomic E-state index is 13.2. The molecule has 1 atom stereocenters. The van der Waals surface area contributed by atoms with Gasteiger partial charge in [-0.3, -0.25) is 14.6 Å². The number of nitrogens with one attached hydrogen (secondary N) is 1. The predicted octanol–water partition coefficient (Wildman–Crippen LogP) is 1.14. The first kappa shape index (κ1) is 19.2. The number of rotatable bonds is 6. The number of benzene rings is 2. The van der Waals surface area contributed by atoms with Gasteiger partial charge in [0, 0.05) is 13.0 Å². The van der Waals surface area contributed by atoms with E-state index in [4.69, 9.17) is 5.73 Å². The maximum atomic E-state index is 13.2. The lowest BCUT2D eigenvalue weighted by Gasteiger charge is -2.20. The van der Waals surface area contributed by atoms with Crippen LogP contribution in [-0.4, -0.2) is 38.3 Å². The van der Waals surface area contributed by atoms with E-state index in [0.717, 1.165) is 11.3 Å². The van der Waals surface area contributed by atoms with Crippen LogP contribution in [-0.2, 0) is 16.1 Å². The van der Waals surface area contributed by atoms with Crippen LogP contribution in [0.1, 0.15) is 12.0 Å². The smallest absolute Gasteiger partial charge is 0.267 e. The Balaban J connectivity index is 1.43. The Bertz CT molecular complexity index is 1080. The quantitative estimate of drug-likeness (QED) is 0.635. The van der Waals surface area contributed by atoms with Gasteiger partial charge in [-0.15, -0.1) is 0 Å². The molecule has 2 amide bonds. The van der Waals surface area contributed by atoms with Gasteiger partial charge in [0.2, 0.25) is 5.91 Å². The Labute approximate surface area is 171 Å². The highest BCUT2D eigenvalue weighted by Gasteiger charge is 2.34. The van der Waals surface area contributed by atoms with E-state index in [2.05, 4.69) is 20.5 Å². The number of hydrogen-bond donors (Lipinski definition) is 2. The Morgan fingerprint density at radius 1 is 1.10 bits per heavy atom.